The fourth-order valence-corrected chi connectivity index (χ4v) is 3.29. The molecule has 22 heavy (non-hydrogen) atoms. The number of halogens is 1. The maximum atomic E-state index is 13.0. The lowest BCUT2D eigenvalue weighted by Crippen LogP contribution is -2.35. The molecule has 1 amide bonds. The number of hydrogen-bond acceptors (Lipinski definition) is 2. The Hall–Kier alpha value is -1.81. The first-order chi connectivity index (χ1) is 10.6. The average molecular weight is 360 g/mol. The number of rotatable bonds is 2. The van der Waals surface area contributed by atoms with Gasteiger partial charge in [0, 0.05) is 16.7 Å². The number of benzene rings is 2. The molecule has 0 saturated heterocycles. The second-order valence-corrected chi connectivity index (χ2v) is 6.39. The Morgan fingerprint density at radius 3 is 2.82 bits per heavy atom. The van der Waals surface area contributed by atoms with E-state index in [1.54, 1.807) is 13.2 Å². The molecule has 0 spiro atoms. The van der Waals surface area contributed by atoms with Gasteiger partial charge in [0.05, 0.1) is 12.7 Å². The SMILES string of the molecule is COc1ccc(Br)c(C(=O)N2CCCc3cc(C)ccc32)c1. The van der Waals surface area contributed by atoms with Crippen molar-refractivity contribution in [3.8, 4) is 5.75 Å². The van der Waals surface area contributed by atoms with E-state index in [1.165, 1.54) is 11.1 Å². The van der Waals surface area contributed by atoms with E-state index in [0.29, 0.717) is 11.3 Å². The molecule has 0 aromatic heterocycles. The molecule has 0 N–H and O–H groups in total. The lowest BCUT2D eigenvalue weighted by Gasteiger charge is -2.30. The topological polar surface area (TPSA) is 29.5 Å². The third-order valence-corrected chi connectivity index (χ3v) is 4.69. The van der Waals surface area contributed by atoms with Crippen molar-refractivity contribution >= 4 is 27.5 Å². The minimum absolute atomic E-state index is 0.00979. The van der Waals surface area contributed by atoms with Gasteiger partial charge in [-0.05, 0) is 65.5 Å². The smallest absolute Gasteiger partial charge is 0.259 e. The summed E-state index contributed by atoms with van der Waals surface area (Å²) in [7, 11) is 1.61. The summed E-state index contributed by atoms with van der Waals surface area (Å²) in [6.45, 7) is 2.83. The number of ether oxygens (including phenoxy) is 1. The highest BCUT2D eigenvalue weighted by atomic mass is 79.9. The van der Waals surface area contributed by atoms with E-state index in [9.17, 15) is 4.79 Å². The van der Waals surface area contributed by atoms with Gasteiger partial charge >= 0.3 is 0 Å². The summed E-state index contributed by atoms with van der Waals surface area (Å²) in [5, 5.41) is 0. The summed E-state index contributed by atoms with van der Waals surface area (Å²) in [4.78, 5) is 14.8. The lowest BCUT2D eigenvalue weighted by molar-refractivity contribution is 0.0984. The molecule has 0 aliphatic carbocycles. The van der Waals surface area contributed by atoms with Crippen molar-refractivity contribution in [2.24, 2.45) is 0 Å². The number of fused-ring (bicyclic) bond motifs is 1. The van der Waals surface area contributed by atoms with Crippen molar-refractivity contribution in [2.45, 2.75) is 19.8 Å². The van der Waals surface area contributed by atoms with Gasteiger partial charge in [0.1, 0.15) is 5.75 Å². The van der Waals surface area contributed by atoms with E-state index in [2.05, 4.69) is 41.1 Å². The minimum Gasteiger partial charge on any atom is -0.497 e. The van der Waals surface area contributed by atoms with Crippen LogP contribution in [0.5, 0.6) is 5.75 Å². The summed E-state index contributed by atoms with van der Waals surface area (Å²) >= 11 is 3.48. The third kappa shape index (κ3) is 2.75. The van der Waals surface area contributed by atoms with Gasteiger partial charge < -0.3 is 9.64 Å². The van der Waals surface area contributed by atoms with Crippen LogP contribution in [0, 0.1) is 6.92 Å². The first-order valence-electron chi connectivity index (χ1n) is 7.35. The van der Waals surface area contributed by atoms with Crippen molar-refractivity contribution in [2.75, 3.05) is 18.6 Å². The third-order valence-electron chi connectivity index (χ3n) is 4.00. The quantitative estimate of drug-likeness (QED) is 0.797. The zero-order chi connectivity index (χ0) is 15.7. The van der Waals surface area contributed by atoms with Gasteiger partial charge in [0.2, 0.25) is 0 Å². The van der Waals surface area contributed by atoms with Gasteiger partial charge in [0.25, 0.3) is 5.91 Å². The summed E-state index contributed by atoms with van der Waals surface area (Å²) in [6.07, 6.45) is 2.02. The van der Waals surface area contributed by atoms with Crippen LogP contribution in [0.2, 0.25) is 0 Å². The van der Waals surface area contributed by atoms with Gasteiger partial charge in [-0.1, -0.05) is 17.7 Å². The molecule has 3 rings (SSSR count). The number of carbonyl (C=O) groups is 1. The zero-order valence-corrected chi connectivity index (χ0v) is 14.3. The summed E-state index contributed by atoms with van der Waals surface area (Å²) < 4.78 is 6.03. The monoisotopic (exact) mass is 359 g/mol. The van der Waals surface area contributed by atoms with Crippen molar-refractivity contribution in [1.29, 1.82) is 0 Å². The number of anilines is 1. The highest BCUT2D eigenvalue weighted by Gasteiger charge is 2.25. The van der Waals surface area contributed by atoms with Crippen LogP contribution >= 0.6 is 15.9 Å². The number of aryl methyl sites for hydroxylation is 2. The van der Waals surface area contributed by atoms with Crippen LogP contribution in [-0.2, 0) is 6.42 Å². The Balaban J connectivity index is 2.01. The largest absolute Gasteiger partial charge is 0.497 e. The summed E-state index contributed by atoms with van der Waals surface area (Å²) in [6, 6.07) is 11.8. The highest BCUT2D eigenvalue weighted by molar-refractivity contribution is 9.10. The molecule has 3 nitrogen and oxygen atoms in total. The van der Waals surface area contributed by atoms with Gasteiger partial charge in [-0.15, -0.1) is 0 Å². The van der Waals surface area contributed by atoms with Crippen molar-refractivity contribution in [1.82, 2.24) is 0 Å². The Morgan fingerprint density at radius 1 is 1.23 bits per heavy atom. The highest BCUT2D eigenvalue weighted by Crippen LogP contribution is 2.31. The molecule has 0 bridgehead atoms. The van der Waals surface area contributed by atoms with Crippen LogP contribution < -0.4 is 9.64 Å². The van der Waals surface area contributed by atoms with Gasteiger partial charge in [0.15, 0.2) is 0 Å². The number of hydrogen-bond donors (Lipinski definition) is 0. The molecule has 114 valence electrons. The predicted octanol–water partition coefficient (Wildman–Crippen LogP) is 4.36. The van der Waals surface area contributed by atoms with E-state index in [0.717, 1.165) is 29.5 Å². The second kappa shape index (κ2) is 6.13. The van der Waals surface area contributed by atoms with Gasteiger partial charge in [-0.3, -0.25) is 4.79 Å². The Bertz CT molecular complexity index is 727. The van der Waals surface area contributed by atoms with Gasteiger partial charge in [-0.25, -0.2) is 0 Å². The summed E-state index contributed by atoms with van der Waals surface area (Å²) in [5.74, 6) is 0.697. The average Bonchev–Trinajstić information content (AvgIpc) is 2.54. The first-order valence-corrected chi connectivity index (χ1v) is 8.14. The molecule has 0 atom stereocenters. The molecule has 1 heterocycles. The Labute approximate surface area is 139 Å². The Kier molecular flexibility index (Phi) is 4.21. The van der Waals surface area contributed by atoms with Crippen LogP contribution in [0.4, 0.5) is 5.69 Å². The number of nitrogens with zero attached hydrogens (tertiary/aromatic N) is 1. The van der Waals surface area contributed by atoms with Crippen molar-refractivity contribution in [3.63, 3.8) is 0 Å². The van der Waals surface area contributed by atoms with E-state index < -0.39 is 0 Å². The normalized spacial score (nSPS) is 13.7. The zero-order valence-electron chi connectivity index (χ0n) is 12.7. The molecule has 0 fully saturated rings. The maximum absolute atomic E-state index is 13.0. The molecule has 4 heteroatoms. The molecular formula is C18H18BrNO2. The molecule has 0 saturated carbocycles. The lowest BCUT2D eigenvalue weighted by atomic mass is 9.99. The number of methoxy groups -OCH3 is 1. The fourth-order valence-electron chi connectivity index (χ4n) is 2.88. The van der Waals surface area contributed by atoms with E-state index >= 15 is 0 Å². The van der Waals surface area contributed by atoms with Crippen LogP contribution in [0.25, 0.3) is 0 Å². The van der Waals surface area contributed by atoms with Crippen molar-refractivity contribution < 1.29 is 9.53 Å². The second-order valence-electron chi connectivity index (χ2n) is 5.54. The Morgan fingerprint density at radius 2 is 2.05 bits per heavy atom. The molecule has 1 aliphatic heterocycles. The fraction of sp³-hybridized carbons (Fsp3) is 0.278. The van der Waals surface area contributed by atoms with Crippen molar-refractivity contribution in [3.05, 3.63) is 57.6 Å². The predicted molar refractivity (Wildman–Crippen MR) is 91.9 cm³/mol. The summed E-state index contributed by atoms with van der Waals surface area (Å²) in [5.41, 5.74) is 4.14. The minimum atomic E-state index is 0.00979. The van der Waals surface area contributed by atoms with Crippen LogP contribution in [0.15, 0.2) is 40.9 Å². The number of carbonyl (C=O) groups excluding carboxylic acids is 1. The number of amides is 1. The molecule has 1 aliphatic rings. The molecule has 0 unspecified atom stereocenters. The van der Waals surface area contributed by atoms with E-state index in [4.69, 9.17) is 4.74 Å². The molecule has 2 aromatic carbocycles. The van der Waals surface area contributed by atoms with E-state index in [1.807, 2.05) is 17.0 Å². The standard InChI is InChI=1S/C18H18BrNO2/c1-12-5-8-17-13(10-12)4-3-9-20(17)18(21)15-11-14(22-2)6-7-16(15)19/h5-8,10-11H,3-4,9H2,1-2H3. The van der Waals surface area contributed by atoms with Crippen LogP contribution in [0.3, 0.4) is 0 Å². The molecule has 2 aromatic rings. The maximum Gasteiger partial charge on any atom is 0.259 e. The molecular weight excluding hydrogens is 342 g/mol. The molecule has 0 radical (unpaired) electrons. The van der Waals surface area contributed by atoms with E-state index in [-0.39, 0.29) is 5.91 Å². The van der Waals surface area contributed by atoms with Crippen LogP contribution in [0.1, 0.15) is 27.9 Å². The first kappa shape index (κ1) is 15.1. The van der Waals surface area contributed by atoms with Gasteiger partial charge in [-0.2, -0.15) is 0 Å². The van der Waals surface area contributed by atoms with Crippen LogP contribution in [-0.4, -0.2) is 19.6 Å².